The number of fused-ring (bicyclic) bond motifs is 15. The Hall–Kier alpha value is -8.80. The molecule has 3 fully saturated rings. The number of amides is 7. The number of carbonyl (C=O) groups is 8. The van der Waals surface area contributed by atoms with Crippen molar-refractivity contribution < 1.29 is 58.4 Å². The maximum atomic E-state index is 15.5. The molecule has 13 rings (SSSR count). The molecule has 2 saturated heterocycles. The third-order valence-corrected chi connectivity index (χ3v) is 24.0. The summed E-state index contributed by atoms with van der Waals surface area (Å²) in [5.41, 5.74) is 8.93. The summed E-state index contributed by atoms with van der Waals surface area (Å²) in [4.78, 5) is 151. The maximum Gasteiger partial charge on any atom is 0.306 e. The highest BCUT2D eigenvalue weighted by Crippen LogP contribution is 2.43. The molecule has 1 aliphatic carbocycles. The number of hydrogen-bond donors (Lipinski definition) is 8. The molecule has 33 heteroatoms. The predicted molar refractivity (Wildman–Crippen MR) is 377 cm³/mol. The SMILES string of the molecule is Cc1sc2nc1C(=O)N[C@@H]([C@H](O)c1ccccc1)c1nc(cs1)C(=O)N[C@@H](Cc1ccc(OCC(=O)N3CCN(C)CC3)cc1)C(=O)N1C[C@H](O)[C@H](C)[C@H]1c1nc(cs1)-c1nc(cs1)-c1nc(-c3nc(C(=O)N[C@H]4CC[C@H](C(=O)O)CC4)cs3)ccc1C1=NC(CS1)C(=O)N[C@H]2CC(N)=O. The molecule has 27 nitrogen and oxygen atoms in total. The molecule has 520 valence electrons. The number of rotatable bonds is 13. The van der Waals surface area contributed by atoms with Gasteiger partial charge in [-0.15, -0.1) is 68.4 Å². The van der Waals surface area contributed by atoms with Crippen LogP contribution < -0.4 is 31.7 Å². The van der Waals surface area contributed by atoms with Gasteiger partial charge >= 0.3 is 5.97 Å². The van der Waals surface area contributed by atoms with Crippen LogP contribution >= 0.6 is 68.4 Å². The van der Waals surface area contributed by atoms with Gasteiger partial charge in [0.1, 0.15) is 94.2 Å². The molecule has 8 aromatic rings. The Morgan fingerprint density at radius 2 is 1.45 bits per heavy atom. The fourth-order valence-electron chi connectivity index (χ4n) is 12.6. The van der Waals surface area contributed by atoms with Crippen LogP contribution in [0.5, 0.6) is 5.75 Å². The number of aliphatic hydroxyl groups is 2. The van der Waals surface area contributed by atoms with Crippen LogP contribution in [0.1, 0.15) is 131 Å². The van der Waals surface area contributed by atoms with Gasteiger partial charge in [0.05, 0.1) is 36.2 Å². The van der Waals surface area contributed by atoms with E-state index in [1.165, 1.54) is 56.1 Å². The number of likely N-dealkylation sites (N-methyl/N-ethyl adjacent to an activating group) is 1. The van der Waals surface area contributed by atoms with Gasteiger partial charge in [-0.2, -0.15) is 0 Å². The lowest BCUT2D eigenvalue weighted by atomic mass is 9.86. The van der Waals surface area contributed by atoms with Crippen molar-refractivity contribution in [1.82, 2.24) is 65.9 Å². The predicted octanol–water partition coefficient (Wildman–Crippen LogP) is 6.23. The van der Waals surface area contributed by atoms with E-state index in [4.69, 9.17) is 40.4 Å². The minimum Gasteiger partial charge on any atom is -0.484 e. The smallest absolute Gasteiger partial charge is 0.306 e. The second kappa shape index (κ2) is 30.2. The number of ether oxygens (including phenoxy) is 1. The minimum absolute atomic E-state index is 0.0503. The number of carbonyl (C=O) groups excluding carboxylic acids is 7. The molecule has 8 atom stereocenters. The molecule has 1 unspecified atom stereocenters. The molecular weight excluding hydrogens is 1400 g/mol. The first-order valence-electron chi connectivity index (χ1n) is 32.3. The zero-order valence-electron chi connectivity index (χ0n) is 54.1. The lowest BCUT2D eigenvalue weighted by molar-refractivity contribution is -0.143. The molecule has 100 heavy (non-hydrogen) atoms. The van der Waals surface area contributed by atoms with E-state index >= 15 is 4.79 Å². The summed E-state index contributed by atoms with van der Waals surface area (Å²) < 4.78 is 5.93. The number of carboxylic acids is 1. The van der Waals surface area contributed by atoms with Gasteiger partial charge in [0.2, 0.25) is 17.7 Å². The number of nitrogens with one attached hydrogen (secondary N) is 4. The number of aromatic nitrogens is 6. The summed E-state index contributed by atoms with van der Waals surface area (Å²) in [6, 6.07) is 13.3. The summed E-state index contributed by atoms with van der Waals surface area (Å²) in [6.45, 7) is 5.88. The summed E-state index contributed by atoms with van der Waals surface area (Å²) in [7, 11) is 2.01. The zero-order valence-corrected chi connectivity index (χ0v) is 59.0. The Bertz CT molecular complexity index is 4450. The van der Waals surface area contributed by atoms with Crippen LogP contribution in [0, 0.1) is 18.8 Å². The molecule has 7 amide bonds. The van der Waals surface area contributed by atoms with E-state index in [1.807, 2.05) is 19.4 Å². The van der Waals surface area contributed by atoms with Crippen molar-refractivity contribution in [3.8, 4) is 38.5 Å². The normalized spacial score (nSPS) is 23.3. The van der Waals surface area contributed by atoms with Crippen LogP contribution in [0.2, 0.25) is 0 Å². The Labute approximate surface area is 597 Å². The molecule has 0 spiro atoms. The number of piperazine rings is 1. The van der Waals surface area contributed by atoms with Crippen LogP contribution in [-0.4, -0.2) is 189 Å². The zero-order chi connectivity index (χ0) is 70.0. The fraction of sp³-hybridized carbons (Fsp3) is 0.388. The number of aliphatic imine (C=N–C) groups is 1. The lowest BCUT2D eigenvalue weighted by Crippen LogP contribution is -2.50. The molecule has 2 aromatic carbocycles. The quantitative estimate of drug-likeness (QED) is 0.0633. The average molecular weight is 1470 g/mol. The van der Waals surface area contributed by atoms with Gasteiger partial charge in [-0.1, -0.05) is 49.4 Å². The van der Waals surface area contributed by atoms with E-state index < -0.39 is 95.7 Å². The first kappa shape index (κ1) is 69.7. The Morgan fingerprint density at radius 3 is 2.20 bits per heavy atom. The molecule has 10 heterocycles. The molecule has 0 radical (unpaired) electrons. The number of nitrogens with zero attached hydrogens (tertiary/aromatic N) is 10. The summed E-state index contributed by atoms with van der Waals surface area (Å²) in [5.74, 6) is -5.15. The number of thioether (sulfide) groups is 1. The van der Waals surface area contributed by atoms with Crippen molar-refractivity contribution in [2.75, 3.05) is 52.1 Å². The van der Waals surface area contributed by atoms with Gasteiger partial charge < -0.3 is 61.8 Å². The number of aliphatic hydroxyl groups excluding tert-OH is 2. The first-order chi connectivity index (χ1) is 48.2. The van der Waals surface area contributed by atoms with Gasteiger partial charge in [0.25, 0.3) is 23.6 Å². The minimum atomic E-state index is -1.43. The highest BCUT2D eigenvalue weighted by molar-refractivity contribution is 8.14. The van der Waals surface area contributed by atoms with Crippen molar-refractivity contribution in [3.63, 3.8) is 0 Å². The number of aryl methyl sites for hydroxylation is 1. The number of carboxylic acid groups (broad SMARTS) is 1. The highest BCUT2D eigenvalue weighted by Gasteiger charge is 2.46. The molecule has 1 saturated carbocycles. The van der Waals surface area contributed by atoms with Gasteiger partial charge in [0, 0.05) is 88.8 Å². The van der Waals surface area contributed by atoms with E-state index in [9.17, 15) is 48.9 Å². The molecule has 10 bridgehead atoms. The number of thiazole rings is 5. The van der Waals surface area contributed by atoms with Gasteiger partial charge in [-0.3, -0.25) is 43.3 Å². The monoisotopic (exact) mass is 1470 g/mol. The van der Waals surface area contributed by atoms with Crippen molar-refractivity contribution in [1.29, 1.82) is 0 Å². The third-order valence-electron chi connectivity index (χ3n) is 18.3. The molecule has 4 aliphatic heterocycles. The third kappa shape index (κ3) is 15.4. The van der Waals surface area contributed by atoms with Crippen LogP contribution in [0.4, 0.5) is 0 Å². The Kier molecular flexibility index (Phi) is 21.0. The van der Waals surface area contributed by atoms with Crippen LogP contribution in [0.3, 0.4) is 0 Å². The van der Waals surface area contributed by atoms with Crippen LogP contribution in [0.25, 0.3) is 32.8 Å². The number of aliphatic carboxylic acids is 1. The number of benzene rings is 2. The topological polar surface area (TPSA) is 380 Å². The van der Waals surface area contributed by atoms with Crippen molar-refractivity contribution >= 4 is 121 Å². The molecular formula is C67H69N15O12S6. The second-order valence-corrected chi connectivity index (χ2v) is 30.9. The van der Waals surface area contributed by atoms with E-state index in [2.05, 4.69) is 31.2 Å². The highest BCUT2D eigenvalue weighted by atomic mass is 32.2. The van der Waals surface area contributed by atoms with Crippen molar-refractivity contribution in [3.05, 3.63) is 142 Å². The maximum absolute atomic E-state index is 15.5. The Balaban J connectivity index is 0.857. The average Bonchev–Trinajstić information content (AvgIpc) is 1.60. The van der Waals surface area contributed by atoms with Gasteiger partial charge in [-0.25, -0.2) is 29.9 Å². The number of nitrogens with two attached hydrogens (primary N) is 1. The van der Waals surface area contributed by atoms with Gasteiger partial charge in [-0.05, 0) is 75.0 Å². The second-order valence-electron chi connectivity index (χ2n) is 25.1. The molecule has 9 N–H and O–H groups in total. The summed E-state index contributed by atoms with van der Waals surface area (Å²) in [6.07, 6.45) is -0.920. The fourth-order valence-corrected chi connectivity index (χ4v) is 18.2. The summed E-state index contributed by atoms with van der Waals surface area (Å²) >= 11 is 7.10. The number of pyridine rings is 1. The van der Waals surface area contributed by atoms with Crippen LogP contribution in [0.15, 0.2) is 93.2 Å². The first-order valence-corrected chi connectivity index (χ1v) is 37.7. The van der Waals surface area contributed by atoms with E-state index in [0.29, 0.717) is 109 Å². The largest absolute Gasteiger partial charge is 0.484 e. The van der Waals surface area contributed by atoms with Crippen molar-refractivity contribution in [2.45, 2.75) is 101 Å². The van der Waals surface area contributed by atoms with Crippen LogP contribution in [-0.2, 0) is 30.4 Å². The van der Waals surface area contributed by atoms with E-state index in [-0.39, 0.29) is 70.8 Å². The van der Waals surface area contributed by atoms with Crippen molar-refractivity contribution in [2.24, 2.45) is 22.6 Å². The molecule has 6 aromatic heterocycles. The van der Waals surface area contributed by atoms with Gasteiger partial charge in [0.15, 0.2) is 6.61 Å². The number of hydrogen-bond acceptors (Lipinski definition) is 25. The summed E-state index contributed by atoms with van der Waals surface area (Å²) in [5, 5.41) is 54.0. The van der Waals surface area contributed by atoms with E-state index in [0.717, 1.165) is 35.8 Å². The molecule has 5 aliphatic rings. The Morgan fingerprint density at radius 1 is 0.740 bits per heavy atom. The number of primary amides is 1. The standard InChI is InChI=1S/C67H69N15O12S6/c1-32-48(83)25-82-54(32)65-77-47(31-99-65)62-73-43(27-96-62)52-39(17-18-40(70-52)61-75-44(29-97-61)56(87)69-37-13-11-36(12-14-37)67(92)93)60-74-45(28-95-60)57(88)71-41(24-49(68)84)63-79-51(33(2)100-63)59(90)78-53(55(86)35-7-5-4-6-8-35)64-76-46(30-98-64)58(89)72-42(66(82)91)23-34-9-15-38(16-10-34)94-26-50(85)81-21-19-80(3)20-22-81/h4-10,15-18,27,29-32,36-37,41-42,45,48,53-55,83,86H,11-14,19-26,28H2,1-3H3,(H2,68,84)(H,69,87)(H,71,88)(H,72,89)(H,78,90)(H,92,93)/t32-,36-,37-,41-,42-,45?,48-,53-,54-,55+/m0/s1. The lowest BCUT2D eigenvalue weighted by Gasteiger charge is -2.32. The van der Waals surface area contributed by atoms with E-state index in [1.54, 1.807) is 89.3 Å².